The van der Waals surface area contributed by atoms with Gasteiger partial charge in [-0.05, 0) is 5.56 Å². The summed E-state index contributed by atoms with van der Waals surface area (Å²) in [5.41, 5.74) is 1.13. The van der Waals surface area contributed by atoms with E-state index in [1.807, 2.05) is 36.4 Å². The van der Waals surface area contributed by atoms with E-state index >= 15 is 0 Å². The van der Waals surface area contributed by atoms with E-state index in [9.17, 15) is 0 Å². The van der Waals surface area contributed by atoms with Crippen LogP contribution in [0.4, 0.5) is 0 Å². The average Bonchev–Trinajstić information content (AvgIpc) is 3.29. The Labute approximate surface area is 112 Å². The zero-order chi connectivity index (χ0) is 12.9. The van der Waals surface area contributed by atoms with Gasteiger partial charge in [0.25, 0.3) is 0 Å². The van der Waals surface area contributed by atoms with Crippen LogP contribution in [0.2, 0.25) is 0 Å². The lowest BCUT2D eigenvalue weighted by Crippen LogP contribution is -2.04. The summed E-state index contributed by atoms with van der Waals surface area (Å²) in [6.07, 6.45) is 3.61. The molecule has 0 bridgehead atoms. The number of epoxide rings is 1. The molecule has 0 radical (unpaired) electrons. The number of hydrogen-bond donors (Lipinski definition) is 0. The largest absolute Gasteiger partial charge is 0.489 e. The molecule has 1 aromatic carbocycles. The highest BCUT2D eigenvalue weighted by Gasteiger charge is 2.23. The molecule has 0 aliphatic carbocycles. The summed E-state index contributed by atoms with van der Waals surface area (Å²) in [6, 6.07) is 11.9. The Morgan fingerprint density at radius 1 is 1.11 bits per heavy atom. The van der Waals surface area contributed by atoms with Crippen LogP contribution in [0.15, 0.2) is 48.8 Å². The third-order valence-corrected chi connectivity index (χ3v) is 2.77. The molecule has 1 saturated heterocycles. The molecule has 0 amide bonds. The van der Waals surface area contributed by atoms with Crippen molar-refractivity contribution in [1.82, 2.24) is 4.98 Å². The van der Waals surface area contributed by atoms with E-state index in [-0.39, 0.29) is 6.10 Å². The predicted molar refractivity (Wildman–Crippen MR) is 70.2 cm³/mol. The lowest BCUT2D eigenvalue weighted by Gasteiger charge is -2.08. The van der Waals surface area contributed by atoms with Crippen LogP contribution in [0.1, 0.15) is 5.56 Å². The van der Waals surface area contributed by atoms with Crippen molar-refractivity contribution in [3.05, 3.63) is 54.4 Å². The van der Waals surface area contributed by atoms with E-state index < -0.39 is 0 Å². The Kier molecular flexibility index (Phi) is 3.61. The quantitative estimate of drug-likeness (QED) is 0.745. The van der Waals surface area contributed by atoms with Crippen LogP contribution in [-0.2, 0) is 11.3 Å². The molecule has 1 atom stereocenters. The summed E-state index contributed by atoms with van der Waals surface area (Å²) in [6.45, 7) is 1.89. The van der Waals surface area contributed by atoms with Crippen molar-refractivity contribution >= 4 is 0 Å². The lowest BCUT2D eigenvalue weighted by atomic mass is 10.2. The maximum absolute atomic E-state index is 5.68. The van der Waals surface area contributed by atoms with Crippen molar-refractivity contribution in [2.75, 3.05) is 13.2 Å². The summed E-state index contributed by atoms with van der Waals surface area (Å²) in [5.74, 6) is 1.42. The first kappa shape index (κ1) is 12.0. The second kappa shape index (κ2) is 5.71. The van der Waals surface area contributed by atoms with E-state index in [4.69, 9.17) is 14.2 Å². The van der Waals surface area contributed by atoms with Gasteiger partial charge in [-0.2, -0.15) is 0 Å². The van der Waals surface area contributed by atoms with Gasteiger partial charge >= 0.3 is 0 Å². The Morgan fingerprint density at radius 3 is 2.58 bits per heavy atom. The van der Waals surface area contributed by atoms with Crippen molar-refractivity contribution < 1.29 is 14.2 Å². The third-order valence-electron chi connectivity index (χ3n) is 2.77. The van der Waals surface area contributed by atoms with Gasteiger partial charge in [0.05, 0.1) is 19.0 Å². The van der Waals surface area contributed by atoms with Gasteiger partial charge in [0, 0.05) is 6.07 Å². The van der Waals surface area contributed by atoms with Crippen LogP contribution < -0.4 is 9.47 Å². The van der Waals surface area contributed by atoms with Crippen LogP contribution >= 0.6 is 0 Å². The van der Waals surface area contributed by atoms with Crippen LogP contribution in [0.25, 0.3) is 0 Å². The molecule has 1 aliphatic rings. The Balaban J connectivity index is 1.56. The maximum atomic E-state index is 5.68. The number of nitrogens with zero attached hydrogens (tertiary/aromatic N) is 1. The second-order valence-electron chi connectivity index (χ2n) is 4.40. The number of benzene rings is 1. The topological polar surface area (TPSA) is 43.9 Å². The Bertz CT molecular complexity index is 526. The van der Waals surface area contributed by atoms with Crippen molar-refractivity contribution in [2.45, 2.75) is 12.7 Å². The van der Waals surface area contributed by atoms with E-state index in [1.165, 1.54) is 0 Å². The molecule has 19 heavy (non-hydrogen) atoms. The summed E-state index contributed by atoms with van der Waals surface area (Å²) < 4.78 is 16.3. The van der Waals surface area contributed by atoms with E-state index in [0.29, 0.717) is 24.7 Å². The number of rotatable bonds is 6. The fourth-order valence-corrected chi connectivity index (χ4v) is 1.65. The maximum Gasteiger partial charge on any atom is 0.141 e. The first-order valence-electron chi connectivity index (χ1n) is 6.26. The first-order chi connectivity index (χ1) is 9.40. The molecule has 0 saturated carbocycles. The standard InChI is InChI=1S/C15H15NO3/c1-2-4-12(5-3-1)9-17-13-6-14(8-16-7-13)18-10-15-11-19-15/h1-8,15H,9-11H2/t15-/m0/s1. The molecular formula is C15H15NO3. The highest BCUT2D eigenvalue weighted by atomic mass is 16.6. The van der Waals surface area contributed by atoms with E-state index in [1.54, 1.807) is 12.4 Å². The van der Waals surface area contributed by atoms with Crippen molar-refractivity contribution in [3.63, 3.8) is 0 Å². The van der Waals surface area contributed by atoms with Crippen LogP contribution in [0.3, 0.4) is 0 Å². The summed E-state index contributed by atoms with van der Waals surface area (Å²) in [4.78, 5) is 4.10. The molecule has 98 valence electrons. The summed E-state index contributed by atoms with van der Waals surface area (Å²) in [5, 5.41) is 0. The Hall–Kier alpha value is -2.07. The number of pyridine rings is 1. The minimum atomic E-state index is 0.244. The van der Waals surface area contributed by atoms with Crippen molar-refractivity contribution in [2.24, 2.45) is 0 Å². The molecule has 3 rings (SSSR count). The molecule has 1 fully saturated rings. The van der Waals surface area contributed by atoms with E-state index in [2.05, 4.69) is 4.98 Å². The SMILES string of the molecule is c1ccc(COc2cncc(OC[C@H]3CO3)c2)cc1. The van der Waals surface area contributed by atoms with Gasteiger partial charge in [-0.25, -0.2) is 0 Å². The normalized spacial score (nSPS) is 16.9. The van der Waals surface area contributed by atoms with Crippen LogP contribution in [-0.4, -0.2) is 24.3 Å². The van der Waals surface area contributed by atoms with Gasteiger partial charge in [-0.3, -0.25) is 4.98 Å². The highest BCUT2D eigenvalue weighted by Crippen LogP contribution is 2.20. The fraction of sp³-hybridized carbons (Fsp3) is 0.267. The molecule has 4 heteroatoms. The molecule has 1 aromatic heterocycles. The van der Waals surface area contributed by atoms with Gasteiger partial charge < -0.3 is 14.2 Å². The zero-order valence-corrected chi connectivity index (χ0v) is 10.5. The van der Waals surface area contributed by atoms with Crippen molar-refractivity contribution in [3.8, 4) is 11.5 Å². The Morgan fingerprint density at radius 2 is 1.84 bits per heavy atom. The summed E-state index contributed by atoms with van der Waals surface area (Å²) >= 11 is 0. The fourth-order valence-electron chi connectivity index (χ4n) is 1.65. The first-order valence-corrected chi connectivity index (χ1v) is 6.26. The second-order valence-corrected chi connectivity index (χ2v) is 4.40. The molecule has 4 nitrogen and oxygen atoms in total. The number of aromatic nitrogens is 1. The van der Waals surface area contributed by atoms with Crippen LogP contribution in [0.5, 0.6) is 11.5 Å². The molecule has 1 aliphatic heterocycles. The minimum absolute atomic E-state index is 0.244. The minimum Gasteiger partial charge on any atom is -0.489 e. The van der Waals surface area contributed by atoms with Gasteiger partial charge in [0.2, 0.25) is 0 Å². The van der Waals surface area contributed by atoms with Gasteiger partial charge in [-0.15, -0.1) is 0 Å². The molecular weight excluding hydrogens is 242 g/mol. The zero-order valence-electron chi connectivity index (χ0n) is 10.5. The van der Waals surface area contributed by atoms with Crippen LogP contribution in [0, 0.1) is 0 Å². The smallest absolute Gasteiger partial charge is 0.141 e. The molecule has 0 spiro atoms. The van der Waals surface area contributed by atoms with Crippen molar-refractivity contribution in [1.29, 1.82) is 0 Å². The number of ether oxygens (including phenoxy) is 3. The average molecular weight is 257 g/mol. The molecule has 2 heterocycles. The molecule has 0 unspecified atom stereocenters. The highest BCUT2D eigenvalue weighted by molar-refractivity contribution is 5.28. The van der Waals surface area contributed by atoms with Gasteiger partial charge in [0.15, 0.2) is 0 Å². The monoisotopic (exact) mass is 257 g/mol. The lowest BCUT2D eigenvalue weighted by molar-refractivity contribution is 0.258. The molecule has 0 N–H and O–H groups in total. The number of hydrogen-bond acceptors (Lipinski definition) is 4. The van der Waals surface area contributed by atoms with Gasteiger partial charge in [-0.1, -0.05) is 30.3 Å². The molecule has 2 aromatic rings. The predicted octanol–water partition coefficient (Wildman–Crippen LogP) is 2.44. The third kappa shape index (κ3) is 3.69. The van der Waals surface area contributed by atoms with E-state index in [0.717, 1.165) is 12.2 Å². The van der Waals surface area contributed by atoms with Gasteiger partial charge in [0.1, 0.15) is 30.8 Å². The summed E-state index contributed by atoms with van der Waals surface area (Å²) in [7, 11) is 0.